The summed E-state index contributed by atoms with van der Waals surface area (Å²) in [4.78, 5) is 10.3. The number of hydrogen-bond donors (Lipinski definition) is 1. The van der Waals surface area contributed by atoms with Crippen molar-refractivity contribution >= 4 is 23.1 Å². The monoisotopic (exact) mass is 268 g/mol. The molecule has 0 fully saturated rings. The third kappa shape index (κ3) is 4.96. The molecule has 4 nitrogen and oxygen atoms in total. The van der Waals surface area contributed by atoms with Crippen LogP contribution in [0.2, 0.25) is 0 Å². The molecule has 18 heavy (non-hydrogen) atoms. The second-order valence-corrected chi connectivity index (χ2v) is 5.22. The van der Waals surface area contributed by atoms with Gasteiger partial charge in [-0.2, -0.15) is 11.8 Å². The van der Waals surface area contributed by atoms with Crippen LogP contribution in [-0.4, -0.2) is 23.5 Å². The Balaban J connectivity index is 2.35. The molecule has 0 amide bonds. The van der Waals surface area contributed by atoms with E-state index in [2.05, 4.69) is 11.6 Å². The molecule has 0 bridgehead atoms. The Hall–Kier alpha value is -1.23. The first kappa shape index (κ1) is 14.8. The molecule has 0 saturated carbocycles. The molecular formula is C13H20N2O2S. The van der Waals surface area contributed by atoms with E-state index in [9.17, 15) is 10.1 Å². The van der Waals surface area contributed by atoms with Crippen LogP contribution in [0.3, 0.4) is 0 Å². The Kier molecular flexibility index (Phi) is 6.57. The normalized spacial score (nSPS) is 10.3. The highest BCUT2D eigenvalue weighted by atomic mass is 32.2. The van der Waals surface area contributed by atoms with Gasteiger partial charge in [-0.3, -0.25) is 10.1 Å². The van der Waals surface area contributed by atoms with Gasteiger partial charge in [0.25, 0.3) is 5.69 Å². The zero-order valence-corrected chi connectivity index (χ0v) is 11.8. The van der Waals surface area contributed by atoms with E-state index in [4.69, 9.17) is 0 Å². The minimum atomic E-state index is -0.346. The fourth-order valence-corrected chi connectivity index (χ4v) is 2.24. The third-order valence-corrected chi connectivity index (χ3v) is 3.44. The van der Waals surface area contributed by atoms with Crippen LogP contribution in [0.15, 0.2) is 18.2 Å². The lowest BCUT2D eigenvalue weighted by Crippen LogP contribution is -2.02. The highest BCUT2D eigenvalue weighted by Gasteiger charge is 2.09. The van der Waals surface area contributed by atoms with Crippen LogP contribution >= 0.6 is 11.8 Å². The molecule has 0 aliphatic rings. The van der Waals surface area contributed by atoms with Crippen molar-refractivity contribution in [2.45, 2.75) is 26.2 Å². The van der Waals surface area contributed by atoms with Crippen LogP contribution in [0.25, 0.3) is 0 Å². The summed E-state index contributed by atoms with van der Waals surface area (Å²) >= 11 is 1.88. The first-order valence-corrected chi connectivity index (χ1v) is 7.52. The zero-order valence-electron chi connectivity index (χ0n) is 10.9. The molecule has 0 aliphatic heterocycles. The van der Waals surface area contributed by atoms with Crippen molar-refractivity contribution in [3.8, 4) is 0 Å². The predicted molar refractivity (Wildman–Crippen MR) is 78.6 cm³/mol. The van der Waals surface area contributed by atoms with Crippen LogP contribution in [-0.2, 0) is 0 Å². The van der Waals surface area contributed by atoms with E-state index >= 15 is 0 Å². The minimum Gasteiger partial charge on any atom is -0.385 e. The van der Waals surface area contributed by atoms with E-state index < -0.39 is 0 Å². The van der Waals surface area contributed by atoms with Crippen LogP contribution < -0.4 is 5.32 Å². The highest BCUT2D eigenvalue weighted by Crippen LogP contribution is 2.21. The second-order valence-electron chi connectivity index (χ2n) is 4.24. The van der Waals surface area contributed by atoms with Crippen molar-refractivity contribution in [3.05, 3.63) is 33.9 Å². The first-order valence-electron chi connectivity index (χ1n) is 6.13. The topological polar surface area (TPSA) is 55.2 Å². The van der Waals surface area contributed by atoms with Gasteiger partial charge in [0.1, 0.15) is 0 Å². The van der Waals surface area contributed by atoms with Gasteiger partial charge < -0.3 is 5.32 Å². The van der Waals surface area contributed by atoms with Crippen LogP contribution in [0.1, 0.15) is 24.8 Å². The number of rotatable bonds is 8. The molecule has 100 valence electrons. The number of hydrogen-bond acceptors (Lipinski definition) is 4. The third-order valence-electron chi connectivity index (χ3n) is 2.75. The molecule has 1 rings (SSSR count). The summed E-state index contributed by atoms with van der Waals surface area (Å²) in [5, 5.41) is 14.0. The molecule has 0 saturated heterocycles. The molecule has 1 aromatic rings. The van der Waals surface area contributed by atoms with Crippen molar-refractivity contribution in [2.24, 2.45) is 0 Å². The van der Waals surface area contributed by atoms with Gasteiger partial charge in [0.2, 0.25) is 0 Å². The molecule has 0 spiro atoms. The molecule has 1 N–H and O–H groups in total. The Labute approximate surface area is 112 Å². The van der Waals surface area contributed by atoms with Crippen molar-refractivity contribution in [3.63, 3.8) is 0 Å². The smallest absolute Gasteiger partial charge is 0.272 e. The van der Waals surface area contributed by atoms with Gasteiger partial charge in [-0.05, 0) is 43.9 Å². The van der Waals surface area contributed by atoms with Crippen LogP contribution in [0, 0.1) is 17.0 Å². The fraction of sp³-hybridized carbons (Fsp3) is 0.538. The number of nitrogens with zero attached hydrogens (tertiary/aromatic N) is 1. The minimum absolute atomic E-state index is 0.181. The van der Waals surface area contributed by atoms with E-state index in [1.807, 2.05) is 17.8 Å². The zero-order chi connectivity index (χ0) is 13.4. The number of anilines is 1. The number of benzene rings is 1. The van der Waals surface area contributed by atoms with Crippen molar-refractivity contribution in [1.82, 2.24) is 0 Å². The van der Waals surface area contributed by atoms with Crippen molar-refractivity contribution in [2.75, 3.05) is 23.9 Å². The molecular weight excluding hydrogens is 248 g/mol. The van der Waals surface area contributed by atoms with Gasteiger partial charge >= 0.3 is 0 Å². The number of unbranched alkanes of at least 4 members (excludes halogenated alkanes) is 2. The summed E-state index contributed by atoms with van der Waals surface area (Å²) < 4.78 is 0. The summed E-state index contributed by atoms with van der Waals surface area (Å²) in [5.74, 6) is 1.22. The van der Waals surface area contributed by atoms with Gasteiger partial charge in [-0.15, -0.1) is 0 Å². The molecule has 0 unspecified atom stereocenters. The van der Waals surface area contributed by atoms with Gasteiger partial charge in [0.05, 0.1) is 4.92 Å². The molecule has 0 aliphatic carbocycles. The van der Waals surface area contributed by atoms with E-state index in [-0.39, 0.29) is 10.6 Å². The molecule has 5 heteroatoms. The number of nitro groups is 1. The van der Waals surface area contributed by atoms with Gasteiger partial charge in [0, 0.05) is 23.9 Å². The maximum absolute atomic E-state index is 10.7. The average molecular weight is 268 g/mol. The predicted octanol–water partition coefficient (Wildman–Crippen LogP) is 3.85. The lowest BCUT2D eigenvalue weighted by atomic mass is 10.2. The highest BCUT2D eigenvalue weighted by molar-refractivity contribution is 7.98. The van der Waals surface area contributed by atoms with E-state index in [1.54, 1.807) is 19.1 Å². The number of nitrogens with one attached hydrogen (secondary N) is 1. The average Bonchev–Trinajstić information content (AvgIpc) is 2.33. The standard InChI is InChI=1S/C13H20N2O2S/c1-11-10-12(6-7-13(11)15(16)17)14-8-4-3-5-9-18-2/h6-7,10,14H,3-5,8-9H2,1-2H3. The fourth-order valence-electron chi connectivity index (χ4n) is 1.75. The largest absolute Gasteiger partial charge is 0.385 e. The van der Waals surface area contributed by atoms with E-state index in [1.165, 1.54) is 18.6 Å². The summed E-state index contributed by atoms with van der Waals surface area (Å²) in [5.41, 5.74) is 1.84. The van der Waals surface area contributed by atoms with Crippen molar-refractivity contribution < 1.29 is 4.92 Å². The molecule has 0 heterocycles. The Morgan fingerprint density at radius 3 is 2.72 bits per heavy atom. The Morgan fingerprint density at radius 1 is 1.33 bits per heavy atom. The Morgan fingerprint density at radius 2 is 2.11 bits per heavy atom. The molecule has 0 radical (unpaired) electrons. The van der Waals surface area contributed by atoms with Crippen LogP contribution in [0.4, 0.5) is 11.4 Å². The molecule has 0 atom stereocenters. The van der Waals surface area contributed by atoms with Gasteiger partial charge in [0.15, 0.2) is 0 Å². The lowest BCUT2D eigenvalue weighted by Gasteiger charge is -2.07. The Bertz CT molecular complexity index is 397. The SMILES string of the molecule is CSCCCCCNc1ccc([N+](=O)[O-])c(C)c1. The number of thioether (sulfide) groups is 1. The summed E-state index contributed by atoms with van der Waals surface area (Å²) in [6.07, 6.45) is 5.73. The van der Waals surface area contributed by atoms with Gasteiger partial charge in [-0.25, -0.2) is 0 Å². The quantitative estimate of drug-likeness (QED) is 0.442. The van der Waals surface area contributed by atoms with Crippen molar-refractivity contribution in [1.29, 1.82) is 0 Å². The first-order chi connectivity index (χ1) is 8.65. The molecule has 0 aromatic heterocycles. The van der Waals surface area contributed by atoms with E-state index in [0.717, 1.165) is 18.7 Å². The van der Waals surface area contributed by atoms with Crippen LogP contribution in [0.5, 0.6) is 0 Å². The lowest BCUT2D eigenvalue weighted by molar-refractivity contribution is -0.385. The van der Waals surface area contributed by atoms with Gasteiger partial charge in [-0.1, -0.05) is 6.42 Å². The summed E-state index contributed by atoms with van der Waals surface area (Å²) in [6, 6.07) is 5.17. The second kappa shape index (κ2) is 7.97. The number of aryl methyl sites for hydroxylation is 1. The maximum atomic E-state index is 10.7. The number of nitro benzene ring substituents is 1. The molecule has 1 aromatic carbocycles. The maximum Gasteiger partial charge on any atom is 0.272 e. The summed E-state index contributed by atoms with van der Waals surface area (Å²) in [7, 11) is 0. The summed E-state index contributed by atoms with van der Waals surface area (Å²) in [6.45, 7) is 2.69. The van der Waals surface area contributed by atoms with E-state index in [0.29, 0.717) is 5.56 Å².